The molecule has 5 nitrogen and oxygen atoms in total. The molecule has 0 spiro atoms. The molecule has 1 saturated heterocycles. The van der Waals surface area contributed by atoms with Crippen molar-refractivity contribution in [1.29, 1.82) is 0 Å². The van der Waals surface area contributed by atoms with Crippen molar-refractivity contribution in [2.75, 3.05) is 18.0 Å². The van der Waals surface area contributed by atoms with Crippen molar-refractivity contribution < 1.29 is 4.79 Å². The molecule has 2 heterocycles. The number of anilines is 1. The van der Waals surface area contributed by atoms with E-state index in [0.717, 1.165) is 48.4 Å². The lowest BCUT2D eigenvalue weighted by atomic mass is 10.0. The highest BCUT2D eigenvalue weighted by Gasteiger charge is 2.19. The number of nitrogens with one attached hydrogen (secondary N) is 2. The van der Waals surface area contributed by atoms with Gasteiger partial charge in [0, 0.05) is 47.2 Å². The summed E-state index contributed by atoms with van der Waals surface area (Å²) >= 11 is 6.31. The van der Waals surface area contributed by atoms with Gasteiger partial charge in [0.25, 0.3) is 11.5 Å². The number of hydrogen-bond donors (Lipinski definition) is 2. The molecule has 0 radical (unpaired) electrons. The van der Waals surface area contributed by atoms with Crippen molar-refractivity contribution in [3.8, 4) is 0 Å². The van der Waals surface area contributed by atoms with E-state index in [9.17, 15) is 9.59 Å². The molecule has 1 fully saturated rings. The molecule has 1 aliphatic rings. The minimum atomic E-state index is -0.215. The smallest absolute Gasteiger partial charge is 0.253 e. The number of rotatable bonds is 4. The van der Waals surface area contributed by atoms with Crippen LogP contribution < -0.4 is 15.8 Å². The molecule has 0 unspecified atom stereocenters. The first-order chi connectivity index (χ1) is 12.9. The van der Waals surface area contributed by atoms with Gasteiger partial charge in [-0.3, -0.25) is 9.59 Å². The van der Waals surface area contributed by atoms with Gasteiger partial charge < -0.3 is 15.2 Å². The van der Waals surface area contributed by atoms with E-state index in [1.54, 1.807) is 6.07 Å². The Hall–Kier alpha value is -2.27. The van der Waals surface area contributed by atoms with E-state index in [-0.39, 0.29) is 18.0 Å². The van der Waals surface area contributed by atoms with Crippen molar-refractivity contribution in [3.63, 3.8) is 0 Å². The number of piperidine rings is 1. The van der Waals surface area contributed by atoms with Gasteiger partial charge in [-0.15, -0.1) is 0 Å². The van der Waals surface area contributed by atoms with Gasteiger partial charge in [-0.2, -0.15) is 0 Å². The van der Waals surface area contributed by atoms with Gasteiger partial charge in [0.05, 0.1) is 0 Å². The summed E-state index contributed by atoms with van der Waals surface area (Å²) in [6.45, 7) is 7.84. The maximum atomic E-state index is 12.8. The fourth-order valence-electron chi connectivity index (χ4n) is 3.73. The summed E-state index contributed by atoms with van der Waals surface area (Å²) in [6, 6.07) is 5.54. The van der Waals surface area contributed by atoms with E-state index in [1.807, 2.05) is 32.9 Å². The lowest BCUT2D eigenvalue weighted by Gasteiger charge is -2.31. The van der Waals surface area contributed by atoms with Crippen molar-refractivity contribution in [2.45, 2.75) is 46.6 Å². The van der Waals surface area contributed by atoms with Crippen LogP contribution >= 0.6 is 11.6 Å². The molecular weight excluding hydrogens is 362 g/mol. The van der Waals surface area contributed by atoms with E-state index < -0.39 is 0 Å². The van der Waals surface area contributed by atoms with Crippen LogP contribution in [0.25, 0.3) is 0 Å². The summed E-state index contributed by atoms with van der Waals surface area (Å²) in [6.07, 6.45) is 3.56. The molecule has 27 heavy (non-hydrogen) atoms. The summed E-state index contributed by atoms with van der Waals surface area (Å²) in [4.78, 5) is 30.1. The van der Waals surface area contributed by atoms with Crippen LogP contribution in [-0.4, -0.2) is 24.0 Å². The molecule has 6 heteroatoms. The number of aromatic amines is 1. The number of hydrogen-bond acceptors (Lipinski definition) is 3. The maximum Gasteiger partial charge on any atom is 0.253 e. The van der Waals surface area contributed by atoms with Crippen molar-refractivity contribution in [1.82, 2.24) is 10.3 Å². The second-order valence-electron chi connectivity index (χ2n) is 7.27. The molecule has 1 aromatic carbocycles. The van der Waals surface area contributed by atoms with Gasteiger partial charge >= 0.3 is 0 Å². The molecule has 0 aliphatic carbocycles. The zero-order valence-corrected chi connectivity index (χ0v) is 16.9. The summed E-state index contributed by atoms with van der Waals surface area (Å²) in [5.74, 6) is -0.215. The molecule has 0 saturated carbocycles. The SMILES string of the molecule is Cc1cc(C)c(CNC(=O)c2cc(Cl)cc(N3CCCCC3)c2C)c(=O)[nH]1. The van der Waals surface area contributed by atoms with E-state index in [1.165, 1.54) is 6.42 Å². The van der Waals surface area contributed by atoms with Crippen LogP contribution in [0.1, 0.15) is 52.0 Å². The molecule has 1 aromatic heterocycles. The molecule has 144 valence electrons. The number of aromatic nitrogens is 1. The van der Waals surface area contributed by atoms with Crippen LogP contribution in [0.5, 0.6) is 0 Å². The molecule has 2 N–H and O–H groups in total. The third-order valence-corrected chi connectivity index (χ3v) is 5.42. The predicted octanol–water partition coefficient (Wildman–Crippen LogP) is 3.87. The molecule has 1 amide bonds. The second kappa shape index (κ2) is 8.17. The first-order valence-electron chi connectivity index (χ1n) is 9.39. The number of benzene rings is 1. The number of H-pyrrole nitrogens is 1. The van der Waals surface area contributed by atoms with Crippen LogP contribution in [-0.2, 0) is 6.54 Å². The van der Waals surface area contributed by atoms with Crippen LogP contribution in [0, 0.1) is 20.8 Å². The van der Waals surface area contributed by atoms with Gasteiger partial charge in [0.2, 0.25) is 0 Å². The first-order valence-corrected chi connectivity index (χ1v) is 9.77. The highest BCUT2D eigenvalue weighted by Crippen LogP contribution is 2.30. The Morgan fingerprint density at radius 2 is 1.85 bits per heavy atom. The number of amides is 1. The molecule has 0 bridgehead atoms. The highest BCUT2D eigenvalue weighted by molar-refractivity contribution is 6.31. The van der Waals surface area contributed by atoms with Crippen LogP contribution in [0.4, 0.5) is 5.69 Å². The van der Waals surface area contributed by atoms with Crippen LogP contribution in [0.15, 0.2) is 23.0 Å². The fraction of sp³-hybridized carbons (Fsp3) is 0.429. The Balaban J connectivity index is 1.83. The number of carbonyl (C=O) groups is 1. The Morgan fingerprint density at radius 1 is 1.15 bits per heavy atom. The number of pyridine rings is 1. The largest absolute Gasteiger partial charge is 0.371 e. The molecular formula is C21H26ClN3O2. The molecule has 1 aliphatic heterocycles. The normalized spacial score (nSPS) is 14.3. The van der Waals surface area contributed by atoms with Gasteiger partial charge in [0.1, 0.15) is 0 Å². The van der Waals surface area contributed by atoms with Crippen LogP contribution in [0.2, 0.25) is 5.02 Å². The van der Waals surface area contributed by atoms with E-state index in [4.69, 9.17) is 11.6 Å². The molecule has 3 rings (SSSR count). The second-order valence-corrected chi connectivity index (χ2v) is 7.71. The minimum Gasteiger partial charge on any atom is -0.371 e. The fourth-order valence-corrected chi connectivity index (χ4v) is 3.94. The van der Waals surface area contributed by atoms with Gasteiger partial charge in [-0.25, -0.2) is 0 Å². The average Bonchev–Trinajstić information content (AvgIpc) is 2.63. The van der Waals surface area contributed by atoms with E-state index >= 15 is 0 Å². The van der Waals surface area contributed by atoms with Gasteiger partial charge in [-0.1, -0.05) is 11.6 Å². The van der Waals surface area contributed by atoms with Crippen molar-refractivity contribution in [3.05, 3.63) is 61.5 Å². The topological polar surface area (TPSA) is 65.2 Å². The Bertz CT molecular complexity index is 914. The maximum absolute atomic E-state index is 12.8. The average molecular weight is 388 g/mol. The third-order valence-electron chi connectivity index (χ3n) is 5.21. The zero-order chi connectivity index (χ0) is 19.6. The lowest BCUT2D eigenvalue weighted by Crippen LogP contribution is -2.31. The van der Waals surface area contributed by atoms with Crippen molar-refractivity contribution >= 4 is 23.2 Å². The summed E-state index contributed by atoms with van der Waals surface area (Å²) < 4.78 is 0. The zero-order valence-electron chi connectivity index (χ0n) is 16.1. The number of aryl methyl sites for hydroxylation is 2. The van der Waals surface area contributed by atoms with Gasteiger partial charge in [-0.05, 0) is 69.4 Å². The first kappa shape index (κ1) is 19.5. The number of carbonyl (C=O) groups excluding carboxylic acids is 1. The van der Waals surface area contributed by atoms with Crippen LogP contribution in [0.3, 0.4) is 0 Å². The number of nitrogens with zero attached hydrogens (tertiary/aromatic N) is 1. The van der Waals surface area contributed by atoms with Crippen molar-refractivity contribution in [2.24, 2.45) is 0 Å². The molecule has 2 aromatic rings. The predicted molar refractivity (Wildman–Crippen MR) is 110 cm³/mol. The summed E-state index contributed by atoms with van der Waals surface area (Å²) in [7, 11) is 0. The van der Waals surface area contributed by atoms with E-state index in [0.29, 0.717) is 16.1 Å². The standard InChI is InChI=1S/C21H26ClN3O2/c1-13-9-14(2)24-21(27)18(13)12-23-20(26)17-10-16(22)11-19(15(17)3)25-7-5-4-6-8-25/h9-11H,4-8,12H2,1-3H3,(H,23,26)(H,24,27). The Labute approximate surface area is 164 Å². The quantitative estimate of drug-likeness (QED) is 0.836. The van der Waals surface area contributed by atoms with E-state index in [2.05, 4.69) is 15.2 Å². The Kier molecular flexibility index (Phi) is 5.90. The highest BCUT2D eigenvalue weighted by atomic mass is 35.5. The molecule has 0 atom stereocenters. The summed E-state index contributed by atoms with van der Waals surface area (Å²) in [5, 5.41) is 3.43. The Morgan fingerprint density at radius 3 is 2.52 bits per heavy atom. The number of halogens is 1. The lowest BCUT2D eigenvalue weighted by molar-refractivity contribution is 0.0950. The van der Waals surface area contributed by atoms with Gasteiger partial charge in [0.15, 0.2) is 0 Å². The monoisotopic (exact) mass is 387 g/mol. The third kappa shape index (κ3) is 4.35. The minimum absolute atomic E-state index is 0.162. The summed E-state index contributed by atoms with van der Waals surface area (Å²) in [5.41, 5.74) is 4.60.